The number of anilines is 4. The molecule has 138 valence electrons. The standard InChI is InChI=1S/C19H18ClN5OS/c20-13-3-5-14(6-4-13)25-27-16-8-1-12(2-9-16)19(26)23-15-7-10-18(24-22)17(21)11-15/h1-11,24-25H,21-22H2,(H,23,26). The molecule has 0 aromatic heterocycles. The number of nitrogens with two attached hydrogens (primary N) is 2. The third kappa shape index (κ3) is 5.07. The molecule has 8 heteroatoms. The van der Waals surface area contributed by atoms with Gasteiger partial charge in [0.1, 0.15) is 0 Å². The Labute approximate surface area is 166 Å². The van der Waals surface area contributed by atoms with Crippen LogP contribution in [0.1, 0.15) is 10.4 Å². The molecule has 0 fully saturated rings. The van der Waals surface area contributed by atoms with E-state index in [0.717, 1.165) is 10.6 Å². The van der Waals surface area contributed by atoms with Gasteiger partial charge < -0.3 is 21.2 Å². The lowest BCUT2D eigenvalue weighted by Crippen LogP contribution is -2.13. The molecular formula is C19H18ClN5OS. The molecule has 3 aromatic carbocycles. The zero-order valence-electron chi connectivity index (χ0n) is 14.2. The van der Waals surface area contributed by atoms with E-state index in [1.807, 2.05) is 36.4 Å². The first-order chi connectivity index (χ1) is 13.0. The number of benzene rings is 3. The van der Waals surface area contributed by atoms with Crippen molar-refractivity contribution in [2.45, 2.75) is 4.90 Å². The van der Waals surface area contributed by atoms with Gasteiger partial charge in [0.2, 0.25) is 0 Å². The summed E-state index contributed by atoms with van der Waals surface area (Å²) in [5.41, 5.74) is 11.5. The van der Waals surface area contributed by atoms with Gasteiger partial charge in [0.15, 0.2) is 0 Å². The second kappa shape index (κ2) is 8.68. The minimum atomic E-state index is -0.218. The maximum Gasteiger partial charge on any atom is 0.255 e. The molecule has 0 aliphatic heterocycles. The molecule has 0 saturated carbocycles. The van der Waals surface area contributed by atoms with Gasteiger partial charge in [-0.25, -0.2) is 0 Å². The number of amides is 1. The monoisotopic (exact) mass is 399 g/mol. The molecule has 0 radical (unpaired) electrons. The van der Waals surface area contributed by atoms with Crippen molar-refractivity contribution >= 4 is 52.2 Å². The summed E-state index contributed by atoms with van der Waals surface area (Å²) in [4.78, 5) is 13.4. The first-order valence-corrected chi connectivity index (χ1v) is 9.20. The summed E-state index contributed by atoms with van der Waals surface area (Å²) in [6.07, 6.45) is 0. The summed E-state index contributed by atoms with van der Waals surface area (Å²) in [7, 11) is 0. The molecule has 27 heavy (non-hydrogen) atoms. The van der Waals surface area contributed by atoms with E-state index >= 15 is 0 Å². The van der Waals surface area contributed by atoms with E-state index < -0.39 is 0 Å². The van der Waals surface area contributed by atoms with Crippen molar-refractivity contribution in [2.24, 2.45) is 5.84 Å². The second-order valence-electron chi connectivity index (χ2n) is 5.64. The van der Waals surface area contributed by atoms with Gasteiger partial charge in [-0.1, -0.05) is 11.6 Å². The van der Waals surface area contributed by atoms with Crippen molar-refractivity contribution < 1.29 is 4.79 Å². The summed E-state index contributed by atoms with van der Waals surface area (Å²) in [6, 6.07) is 19.8. The number of carbonyl (C=O) groups is 1. The van der Waals surface area contributed by atoms with Crippen LogP contribution in [0.5, 0.6) is 0 Å². The van der Waals surface area contributed by atoms with Gasteiger partial charge in [-0.2, -0.15) is 0 Å². The number of nitrogen functional groups attached to an aromatic ring is 2. The minimum absolute atomic E-state index is 0.218. The van der Waals surface area contributed by atoms with Gasteiger partial charge in [0, 0.05) is 26.9 Å². The highest BCUT2D eigenvalue weighted by molar-refractivity contribution is 8.00. The Hall–Kier alpha value is -2.87. The van der Waals surface area contributed by atoms with Crippen molar-refractivity contribution in [2.75, 3.05) is 21.2 Å². The summed E-state index contributed by atoms with van der Waals surface area (Å²) in [6.45, 7) is 0. The number of halogens is 1. The van der Waals surface area contributed by atoms with Crippen molar-refractivity contribution in [1.82, 2.24) is 0 Å². The summed E-state index contributed by atoms with van der Waals surface area (Å²) in [5.74, 6) is 5.13. The Bertz CT molecular complexity index is 932. The number of nitrogens with one attached hydrogen (secondary N) is 3. The SMILES string of the molecule is NNc1ccc(NC(=O)c2ccc(SNc3ccc(Cl)cc3)cc2)cc1N. The summed E-state index contributed by atoms with van der Waals surface area (Å²) >= 11 is 7.32. The molecule has 0 unspecified atom stereocenters. The molecule has 0 aliphatic rings. The van der Waals surface area contributed by atoms with Crippen molar-refractivity contribution in [3.05, 3.63) is 77.3 Å². The quantitative estimate of drug-likeness (QED) is 0.180. The normalized spacial score (nSPS) is 10.3. The smallest absolute Gasteiger partial charge is 0.255 e. The van der Waals surface area contributed by atoms with Gasteiger partial charge in [0.05, 0.1) is 11.4 Å². The van der Waals surface area contributed by atoms with Crippen LogP contribution in [-0.2, 0) is 0 Å². The highest BCUT2D eigenvalue weighted by atomic mass is 35.5. The average Bonchev–Trinajstić information content (AvgIpc) is 2.68. The van der Waals surface area contributed by atoms with E-state index in [1.54, 1.807) is 30.3 Å². The topological polar surface area (TPSA) is 105 Å². The predicted molar refractivity (Wildman–Crippen MR) is 114 cm³/mol. The molecule has 0 saturated heterocycles. The number of carbonyl (C=O) groups excluding carboxylic acids is 1. The molecule has 1 amide bonds. The van der Waals surface area contributed by atoms with E-state index in [9.17, 15) is 4.79 Å². The molecule has 3 rings (SSSR count). The lowest BCUT2D eigenvalue weighted by Gasteiger charge is -2.10. The van der Waals surface area contributed by atoms with E-state index in [4.69, 9.17) is 23.2 Å². The van der Waals surface area contributed by atoms with Crippen LogP contribution in [0.4, 0.5) is 22.7 Å². The fraction of sp³-hybridized carbons (Fsp3) is 0. The number of hydrogen-bond acceptors (Lipinski definition) is 6. The number of rotatable bonds is 6. The Morgan fingerprint density at radius 3 is 2.22 bits per heavy atom. The summed E-state index contributed by atoms with van der Waals surface area (Å²) < 4.78 is 3.22. The van der Waals surface area contributed by atoms with Crippen LogP contribution in [0.15, 0.2) is 71.6 Å². The highest BCUT2D eigenvalue weighted by Gasteiger charge is 2.08. The number of hydrazine groups is 1. The predicted octanol–water partition coefficient (Wildman–Crippen LogP) is 4.58. The molecule has 3 aromatic rings. The van der Waals surface area contributed by atoms with Crippen LogP contribution in [0, 0.1) is 0 Å². The zero-order chi connectivity index (χ0) is 19.2. The Balaban J connectivity index is 1.59. The fourth-order valence-electron chi connectivity index (χ4n) is 2.29. The lowest BCUT2D eigenvalue weighted by molar-refractivity contribution is 0.102. The van der Waals surface area contributed by atoms with Gasteiger partial charge in [-0.15, -0.1) is 0 Å². The third-order valence-corrected chi connectivity index (χ3v) is 4.81. The van der Waals surface area contributed by atoms with Crippen LogP contribution >= 0.6 is 23.5 Å². The molecule has 0 aliphatic carbocycles. The van der Waals surface area contributed by atoms with Crippen LogP contribution in [0.3, 0.4) is 0 Å². The van der Waals surface area contributed by atoms with Gasteiger partial charge in [-0.3, -0.25) is 10.6 Å². The van der Waals surface area contributed by atoms with Crippen molar-refractivity contribution in [1.29, 1.82) is 0 Å². The van der Waals surface area contributed by atoms with E-state index in [0.29, 0.717) is 27.6 Å². The van der Waals surface area contributed by atoms with Crippen molar-refractivity contribution in [3.63, 3.8) is 0 Å². The molecule has 7 N–H and O–H groups in total. The van der Waals surface area contributed by atoms with Gasteiger partial charge in [-0.05, 0) is 78.7 Å². The second-order valence-corrected chi connectivity index (χ2v) is 6.95. The Kier molecular flexibility index (Phi) is 6.08. The average molecular weight is 400 g/mol. The molecule has 0 heterocycles. The highest BCUT2D eigenvalue weighted by Crippen LogP contribution is 2.24. The van der Waals surface area contributed by atoms with E-state index in [2.05, 4.69) is 15.5 Å². The van der Waals surface area contributed by atoms with E-state index in [1.165, 1.54) is 11.9 Å². The van der Waals surface area contributed by atoms with Crippen LogP contribution in [0.2, 0.25) is 5.02 Å². The number of hydrogen-bond donors (Lipinski definition) is 5. The molecule has 0 bridgehead atoms. The largest absolute Gasteiger partial charge is 0.397 e. The molecule has 0 spiro atoms. The molecule has 0 atom stereocenters. The van der Waals surface area contributed by atoms with Gasteiger partial charge >= 0.3 is 0 Å². The van der Waals surface area contributed by atoms with Crippen LogP contribution < -0.4 is 27.0 Å². The molecule has 6 nitrogen and oxygen atoms in total. The fourth-order valence-corrected chi connectivity index (χ4v) is 3.06. The minimum Gasteiger partial charge on any atom is -0.397 e. The summed E-state index contributed by atoms with van der Waals surface area (Å²) in [5, 5.41) is 3.50. The lowest BCUT2D eigenvalue weighted by atomic mass is 10.2. The maximum atomic E-state index is 12.4. The first-order valence-electron chi connectivity index (χ1n) is 8.01. The Morgan fingerprint density at radius 2 is 1.59 bits per heavy atom. The first kappa shape index (κ1) is 18.9. The Morgan fingerprint density at radius 1 is 0.926 bits per heavy atom. The van der Waals surface area contributed by atoms with Gasteiger partial charge in [0.25, 0.3) is 5.91 Å². The third-order valence-electron chi connectivity index (χ3n) is 3.71. The van der Waals surface area contributed by atoms with Crippen molar-refractivity contribution in [3.8, 4) is 0 Å². The van der Waals surface area contributed by atoms with E-state index in [-0.39, 0.29) is 5.91 Å². The zero-order valence-corrected chi connectivity index (χ0v) is 15.8. The van der Waals surface area contributed by atoms with Crippen LogP contribution in [-0.4, -0.2) is 5.91 Å². The maximum absolute atomic E-state index is 12.4. The molecular weight excluding hydrogens is 382 g/mol. The van der Waals surface area contributed by atoms with Crippen LogP contribution in [0.25, 0.3) is 0 Å².